The van der Waals surface area contributed by atoms with E-state index in [9.17, 15) is 24.3 Å². The lowest BCUT2D eigenvalue weighted by Crippen LogP contribution is -2.42. The quantitative estimate of drug-likeness (QED) is 0.336. The molecule has 1 heterocycles. The summed E-state index contributed by atoms with van der Waals surface area (Å²) in [5.74, 6) is -1.96. The molecule has 3 aromatic carbocycles. The van der Waals surface area contributed by atoms with E-state index < -0.39 is 29.2 Å². The summed E-state index contributed by atoms with van der Waals surface area (Å²) in [6.07, 6.45) is -0.0529. The monoisotopic (exact) mass is 568 g/mol. The Morgan fingerprint density at radius 3 is 2.18 bits per heavy atom. The van der Waals surface area contributed by atoms with Crippen molar-refractivity contribution in [1.29, 1.82) is 0 Å². The first-order chi connectivity index (χ1) is 18.5. The summed E-state index contributed by atoms with van der Waals surface area (Å²) in [7, 11) is 5.48. The van der Waals surface area contributed by atoms with E-state index in [4.69, 9.17) is 23.2 Å². The summed E-state index contributed by atoms with van der Waals surface area (Å²) in [4.78, 5) is 53.0. The number of carboxylic acids is 1. The van der Waals surface area contributed by atoms with Gasteiger partial charge >= 0.3 is 11.7 Å². The first kappa shape index (κ1) is 28.1. The zero-order chi connectivity index (χ0) is 28.4. The van der Waals surface area contributed by atoms with Crippen molar-refractivity contribution in [2.24, 2.45) is 7.05 Å². The molecule has 1 aromatic heterocycles. The number of aromatic nitrogens is 2. The minimum Gasteiger partial charge on any atom is -0.480 e. The summed E-state index contributed by atoms with van der Waals surface area (Å²) in [5, 5.41) is 12.8. The third kappa shape index (κ3) is 5.90. The van der Waals surface area contributed by atoms with Crippen molar-refractivity contribution in [3.05, 3.63) is 108 Å². The Hall–Kier alpha value is -3.92. The predicted molar refractivity (Wildman–Crippen MR) is 151 cm³/mol. The van der Waals surface area contributed by atoms with Crippen LogP contribution in [-0.4, -0.2) is 51.2 Å². The zero-order valence-electron chi connectivity index (χ0n) is 21.4. The maximum absolute atomic E-state index is 13.3. The molecule has 39 heavy (non-hydrogen) atoms. The molecule has 0 saturated carbocycles. The Labute approximate surface area is 233 Å². The minimum atomic E-state index is -1.27. The molecule has 0 aliphatic carbocycles. The number of fused-ring (bicyclic) bond motifs is 1. The van der Waals surface area contributed by atoms with Gasteiger partial charge in [0.05, 0.1) is 32.2 Å². The number of carbonyl (C=O) groups excluding carboxylic acids is 1. The second-order valence-electron chi connectivity index (χ2n) is 9.40. The molecule has 4 rings (SSSR count). The van der Waals surface area contributed by atoms with Crippen LogP contribution in [0.1, 0.15) is 21.5 Å². The third-order valence-electron chi connectivity index (χ3n) is 6.26. The van der Waals surface area contributed by atoms with Gasteiger partial charge in [-0.15, -0.1) is 0 Å². The first-order valence-electron chi connectivity index (χ1n) is 11.9. The van der Waals surface area contributed by atoms with Crippen molar-refractivity contribution in [3.63, 3.8) is 0 Å². The molecular formula is C28H26Cl2N4O5. The normalized spacial score (nSPS) is 12.1. The van der Waals surface area contributed by atoms with Gasteiger partial charge in [0.2, 0.25) is 0 Å². The number of hydrogen-bond acceptors (Lipinski definition) is 5. The van der Waals surface area contributed by atoms with Crippen LogP contribution in [0.4, 0.5) is 0 Å². The van der Waals surface area contributed by atoms with Gasteiger partial charge in [0.1, 0.15) is 6.04 Å². The van der Waals surface area contributed by atoms with Crippen LogP contribution in [0.25, 0.3) is 16.6 Å². The van der Waals surface area contributed by atoms with Crippen LogP contribution in [0.15, 0.2) is 70.3 Å². The number of nitrogens with one attached hydrogen (secondary N) is 1. The number of carboxylic acid groups (broad SMARTS) is 1. The second kappa shape index (κ2) is 11.4. The SMILES string of the molecule is CN(C)Cc1ccc2c(=O)n(-c3ccc(C[C@H](NC(=O)c4c(Cl)cccc4Cl)C(=O)O)cc3)c(=O)n(C)c2c1. The first-order valence-corrected chi connectivity index (χ1v) is 12.7. The molecule has 2 N–H and O–H groups in total. The Morgan fingerprint density at radius 1 is 0.974 bits per heavy atom. The fraction of sp³-hybridized carbons (Fsp3) is 0.214. The van der Waals surface area contributed by atoms with E-state index in [-0.39, 0.29) is 22.0 Å². The van der Waals surface area contributed by atoms with Crippen LogP contribution in [0.5, 0.6) is 0 Å². The lowest BCUT2D eigenvalue weighted by molar-refractivity contribution is -0.139. The number of amides is 1. The maximum atomic E-state index is 13.3. The van der Waals surface area contributed by atoms with E-state index in [1.54, 1.807) is 43.4 Å². The maximum Gasteiger partial charge on any atom is 0.335 e. The number of nitrogens with zero attached hydrogens (tertiary/aromatic N) is 3. The molecule has 0 aliphatic rings. The van der Waals surface area contributed by atoms with E-state index in [0.29, 0.717) is 28.7 Å². The number of aryl methyl sites for hydroxylation is 1. The molecule has 1 atom stereocenters. The van der Waals surface area contributed by atoms with Crippen molar-refractivity contribution >= 4 is 46.0 Å². The molecule has 0 bridgehead atoms. The lowest BCUT2D eigenvalue weighted by Gasteiger charge is -2.16. The number of aliphatic carboxylic acids is 1. The predicted octanol–water partition coefficient (Wildman–Crippen LogP) is 3.48. The van der Waals surface area contributed by atoms with E-state index in [1.165, 1.54) is 16.7 Å². The van der Waals surface area contributed by atoms with Gasteiger partial charge in [-0.1, -0.05) is 47.5 Å². The Kier molecular flexibility index (Phi) is 8.25. The molecule has 1 amide bonds. The van der Waals surface area contributed by atoms with Crippen LogP contribution in [0.3, 0.4) is 0 Å². The third-order valence-corrected chi connectivity index (χ3v) is 6.89. The van der Waals surface area contributed by atoms with Gasteiger partial charge in [-0.3, -0.25) is 14.2 Å². The molecule has 0 radical (unpaired) electrons. The number of benzene rings is 3. The van der Waals surface area contributed by atoms with Gasteiger partial charge in [-0.05, 0) is 61.6 Å². The Bertz CT molecular complexity index is 1670. The summed E-state index contributed by atoms with van der Waals surface area (Å²) in [6.45, 7) is 0.665. The highest BCUT2D eigenvalue weighted by Gasteiger charge is 2.24. The van der Waals surface area contributed by atoms with Gasteiger partial charge in [-0.2, -0.15) is 0 Å². The average molecular weight is 569 g/mol. The summed E-state index contributed by atoms with van der Waals surface area (Å²) >= 11 is 12.1. The van der Waals surface area contributed by atoms with E-state index in [1.807, 2.05) is 31.1 Å². The highest BCUT2D eigenvalue weighted by Crippen LogP contribution is 2.24. The van der Waals surface area contributed by atoms with Crippen molar-refractivity contribution in [1.82, 2.24) is 19.4 Å². The number of halogens is 2. The smallest absolute Gasteiger partial charge is 0.335 e. The standard InChI is InChI=1S/C28H26Cl2N4O5/c1-32(2)15-17-9-12-19-23(14-17)33(3)28(39)34(26(19)36)18-10-7-16(8-11-18)13-22(27(37)38)31-25(35)24-20(29)5-4-6-21(24)30/h4-12,14,22H,13,15H2,1-3H3,(H,31,35)(H,37,38)/t22-/m0/s1. The van der Waals surface area contributed by atoms with Crippen molar-refractivity contribution in [3.8, 4) is 5.69 Å². The van der Waals surface area contributed by atoms with Gasteiger partial charge in [0.15, 0.2) is 0 Å². The molecule has 9 nitrogen and oxygen atoms in total. The van der Waals surface area contributed by atoms with E-state index >= 15 is 0 Å². The molecule has 0 unspecified atom stereocenters. The topological polar surface area (TPSA) is 114 Å². The van der Waals surface area contributed by atoms with Crippen LogP contribution in [-0.2, 0) is 24.8 Å². The molecule has 0 fully saturated rings. The van der Waals surface area contributed by atoms with Gasteiger partial charge in [0.25, 0.3) is 11.5 Å². The summed E-state index contributed by atoms with van der Waals surface area (Å²) in [5.41, 5.74) is 1.44. The lowest BCUT2D eigenvalue weighted by atomic mass is 10.0. The van der Waals surface area contributed by atoms with E-state index in [0.717, 1.165) is 10.1 Å². The number of rotatable bonds is 8. The van der Waals surface area contributed by atoms with Crippen LogP contribution < -0.4 is 16.6 Å². The molecule has 0 spiro atoms. The molecule has 4 aromatic rings. The second-order valence-corrected chi connectivity index (χ2v) is 10.2. The highest BCUT2D eigenvalue weighted by molar-refractivity contribution is 6.39. The fourth-order valence-electron chi connectivity index (χ4n) is 4.35. The molecule has 0 saturated heterocycles. The fourth-order valence-corrected chi connectivity index (χ4v) is 4.92. The van der Waals surface area contributed by atoms with Gasteiger partial charge < -0.3 is 15.3 Å². The average Bonchev–Trinajstić information content (AvgIpc) is 2.87. The molecular weight excluding hydrogens is 543 g/mol. The Morgan fingerprint density at radius 2 is 1.59 bits per heavy atom. The molecule has 202 valence electrons. The van der Waals surface area contributed by atoms with Crippen LogP contribution in [0.2, 0.25) is 10.0 Å². The van der Waals surface area contributed by atoms with E-state index in [2.05, 4.69) is 5.32 Å². The summed E-state index contributed by atoms with van der Waals surface area (Å²) < 4.78 is 2.51. The number of hydrogen-bond donors (Lipinski definition) is 2. The largest absolute Gasteiger partial charge is 0.480 e. The molecule has 11 heteroatoms. The van der Waals surface area contributed by atoms with Crippen molar-refractivity contribution in [2.75, 3.05) is 14.1 Å². The van der Waals surface area contributed by atoms with Crippen molar-refractivity contribution < 1.29 is 14.7 Å². The van der Waals surface area contributed by atoms with Gasteiger partial charge in [-0.25, -0.2) is 14.2 Å². The molecule has 0 aliphatic heterocycles. The summed E-state index contributed by atoms with van der Waals surface area (Å²) in [6, 6.07) is 15.0. The van der Waals surface area contributed by atoms with Crippen LogP contribution >= 0.6 is 23.2 Å². The zero-order valence-corrected chi connectivity index (χ0v) is 23.0. The van der Waals surface area contributed by atoms with Crippen LogP contribution in [0, 0.1) is 0 Å². The van der Waals surface area contributed by atoms with Crippen molar-refractivity contribution in [2.45, 2.75) is 19.0 Å². The highest BCUT2D eigenvalue weighted by atomic mass is 35.5. The van der Waals surface area contributed by atoms with Gasteiger partial charge in [0, 0.05) is 20.0 Å². The number of carbonyl (C=O) groups is 2. The Balaban J connectivity index is 1.62. The minimum absolute atomic E-state index is 0.0113.